The SMILES string of the molecule is Cc1ccc(N(c2ccccc2)c2cccc3c2c2cccc4c5c(-c6ccccc6)c6c(c(-c7ccccc7)c5n3c24)c2cccc3c4c(N(c5ccccc5)c5ccc(C)cc5)cccc4n6c32)cc1. The number of anilines is 6. The quantitative estimate of drug-likeness (QED) is 0.151. The predicted octanol–water partition coefficient (Wildman–Crippen LogP) is 18.9. The molecule has 15 rings (SSSR count). The zero-order valence-corrected chi connectivity index (χ0v) is 39.9. The van der Waals surface area contributed by atoms with Crippen LogP contribution in [0.2, 0.25) is 0 Å². The Kier molecular flexibility index (Phi) is 8.75. The molecule has 4 aromatic heterocycles. The lowest BCUT2D eigenvalue weighted by Gasteiger charge is -2.26. The van der Waals surface area contributed by atoms with Gasteiger partial charge in [-0.1, -0.05) is 181 Å². The average molecular weight is 919 g/mol. The van der Waals surface area contributed by atoms with Gasteiger partial charge >= 0.3 is 0 Å². The molecule has 0 unspecified atom stereocenters. The fourth-order valence-corrected chi connectivity index (χ4v) is 12.3. The summed E-state index contributed by atoms with van der Waals surface area (Å²) in [5.74, 6) is 0. The monoisotopic (exact) mass is 918 g/mol. The Morgan fingerprint density at radius 2 is 0.583 bits per heavy atom. The van der Waals surface area contributed by atoms with Crippen LogP contribution in [-0.2, 0) is 0 Å². The van der Waals surface area contributed by atoms with Crippen molar-refractivity contribution in [1.29, 1.82) is 0 Å². The zero-order chi connectivity index (χ0) is 47.6. The minimum atomic E-state index is 1.12. The lowest BCUT2D eigenvalue weighted by atomic mass is 9.89. The number of hydrogen-bond acceptors (Lipinski definition) is 2. The summed E-state index contributed by atoms with van der Waals surface area (Å²) < 4.78 is 5.24. The molecule has 0 N–H and O–H groups in total. The minimum absolute atomic E-state index is 1.12. The fourth-order valence-electron chi connectivity index (χ4n) is 12.3. The van der Waals surface area contributed by atoms with Crippen LogP contribution >= 0.6 is 0 Å². The highest BCUT2D eigenvalue weighted by atomic mass is 15.2. The van der Waals surface area contributed by atoms with E-state index in [1.54, 1.807) is 0 Å². The van der Waals surface area contributed by atoms with Crippen LogP contribution in [0.3, 0.4) is 0 Å². The largest absolute Gasteiger partial charge is 0.310 e. The third-order valence-corrected chi connectivity index (χ3v) is 15.2. The van der Waals surface area contributed by atoms with Gasteiger partial charge in [0, 0.05) is 77.0 Å². The summed E-state index contributed by atoms with van der Waals surface area (Å²) in [6.45, 7) is 4.31. The number of hydrogen-bond donors (Lipinski definition) is 0. The Morgan fingerprint density at radius 3 is 0.958 bits per heavy atom. The molecule has 4 heteroatoms. The highest BCUT2D eigenvalue weighted by Crippen LogP contribution is 2.56. The highest BCUT2D eigenvalue weighted by Gasteiger charge is 2.32. The van der Waals surface area contributed by atoms with Gasteiger partial charge < -0.3 is 18.6 Å². The maximum atomic E-state index is 2.62. The molecule has 0 aliphatic carbocycles. The summed E-state index contributed by atoms with van der Waals surface area (Å²) in [4.78, 5) is 4.87. The molecule has 0 saturated carbocycles. The Hall–Kier alpha value is -9.38. The fraction of sp³-hybridized carbons (Fsp3) is 0.0294. The normalized spacial score (nSPS) is 12.0. The molecule has 0 fully saturated rings. The Bertz CT molecular complexity index is 4240. The third-order valence-electron chi connectivity index (χ3n) is 15.2. The number of fused-ring (bicyclic) bond motifs is 12. The van der Waals surface area contributed by atoms with Gasteiger partial charge in [-0.3, -0.25) is 0 Å². The van der Waals surface area contributed by atoms with Gasteiger partial charge in [0.25, 0.3) is 0 Å². The lowest BCUT2D eigenvalue weighted by Crippen LogP contribution is -2.10. The number of aryl methyl sites for hydroxylation is 2. The smallest absolute Gasteiger partial charge is 0.0634 e. The van der Waals surface area contributed by atoms with Crippen molar-refractivity contribution < 1.29 is 0 Å². The van der Waals surface area contributed by atoms with E-state index in [0.29, 0.717) is 0 Å². The van der Waals surface area contributed by atoms with Crippen molar-refractivity contribution in [2.24, 2.45) is 0 Å². The van der Waals surface area contributed by atoms with Crippen molar-refractivity contribution in [1.82, 2.24) is 8.80 Å². The summed E-state index contributed by atoms with van der Waals surface area (Å²) in [6, 6.07) is 89.6. The number of para-hydroxylation sites is 4. The summed E-state index contributed by atoms with van der Waals surface area (Å²) >= 11 is 0. The topological polar surface area (TPSA) is 15.3 Å². The maximum absolute atomic E-state index is 2.62. The van der Waals surface area contributed by atoms with Crippen LogP contribution in [0.15, 0.2) is 243 Å². The van der Waals surface area contributed by atoms with Crippen LogP contribution in [0.25, 0.3) is 98.4 Å². The number of benzene rings is 11. The van der Waals surface area contributed by atoms with E-state index in [2.05, 4.69) is 275 Å². The third kappa shape index (κ3) is 5.69. The lowest BCUT2D eigenvalue weighted by molar-refractivity contribution is 1.29. The van der Waals surface area contributed by atoms with Crippen LogP contribution in [0.1, 0.15) is 11.1 Å². The number of aromatic nitrogens is 2. The van der Waals surface area contributed by atoms with E-state index in [9.17, 15) is 0 Å². The van der Waals surface area contributed by atoms with E-state index in [4.69, 9.17) is 0 Å². The van der Waals surface area contributed by atoms with Crippen molar-refractivity contribution in [3.05, 3.63) is 254 Å². The second kappa shape index (κ2) is 15.6. The second-order valence-electron chi connectivity index (χ2n) is 19.4. The summed E-state index contributed by atoms with van der Waals surface area (Å²) in [5.41, 5.74) is 21.4. The molecule has 72 heavy (non-hydrogen) atoms. The van der Waals surface area contributed by atoms with Gasteiger partial charge in [-0.2, -0.15) is 0 Å². The second-order valence-corrected chi connectivity index (χ2v) is 19.4. The van der Waals surface area contributed by atoms with Crippen LogP contribution < -0.4 is 9.80 Å². The first-order chi connectivity index (χ1) is 35.6. The van der Waals surface area contributed by atoms with E-state index in [-0.39, 0.29) is 0 Å². The molecule has 0 aliphatic heterocycles. The van der Waals surface area contributed by atoms with Crippen LogP contribution in [0.5, 0.6) is 0 Å². The van der Waals surface area contributed by atoms with Gasteiger partial charge in [-0.15, -0.1) is 0 Å². The van der Waals surface area contributed by atoms with Gasteiger partial charge in [0.05, 0.1) is 44.5 Å². The van der Waals surface area contributed by atoms with E-state index < -0.39 is 0 Å². The molecule has 0 amide bonds. The predicted molar refractivity (Wildman–Crippen MR) is 305 cm³/mol. The van der Waals surface area contributed by atoms with Gasteiger partial charge in [-0.05, 0) is 97.8 Å². The van der Waals surface area contributed by atoms with Crippen LogP contribution in [0.4, 0.5) is 34.1 Å². The first-order valence-electron chi connectivity index (χ1n) is 24.9. The van der Waals surface area contributed by atoms with Gasteiger partial charge in [0.15, 0.2) is 0 Å². The molecule has 11 aromatic carbocycles. The van der Waals surface area contributed by atoms with Crippen molar-refractivity contribution in [3.8, 4) is 22.3 Å². The molecule has 0 atom stereocenters. The summed E-state index contributed by atoms with van der Waals surface area (Å²) in [5, 5.41) is 9.92. The standard InChI is InChI=1S/C68H46N4/c1-43-35-39-49(40-36-43)69(47-23-11-5-12-24-47)55-31-17-33-57-61(55)51-27-15-29-53-63-60(46-21-9-4-10-22-46)68-64(59(45-19-7-3-8-20-45)67(63)71(57)65(51)53)54-30-16-28-52-62-56(32-18-34-58(62)72(68)66(52)54)70(48-25-13-6-14-26-48)50-41-37-44(2)38-42-50/h3-42H,1-2H3. The molecule has 0 bridgehead atoms. The van der Waals surface area contributed by atoms with Gasteiger partial charge in [0.1, 0.15) is 0 Å². The Balaban J connectivity index is 1.14. The maximum Gasteiger partial charge on any atom is 0.0634 e. The van der Waals surface area contributed by atoms with E-state index in [1.807, 2.05) is 0 Å². The van der Waals surface area contributed by atoms with Crippen molar-refractivity contribution >= 4 is 110 Å². The molecule has 338 valence electrons. The zero-order valence-electron chi connectivity index (χ0n) is 39.9. The average Bonchev–Trinajstić information content (AvgIpc) is 4.19. The molecule has 0 aliphatic rings. The van der Waals surface area contributed by atoms with Crippen molar-refractivity contribution in [3.63, 3.8) is 0 Å². The van der Waals surface area contributed by atoms with E-state index >= 15 is 0 Å². The molecule has 4 heterocycles. The van der Waals surface area contributed by atoms with Crippen molar-refractivity contribution in [2.45, 2.75) is 13.8 Å². The Morgan fingerprint density at radius 1 is 0.264 bits per heavy atom. The molecular formula is C68H46N4. The molecule has 0 radical (unpaired) electrons. The van der Waals surface area contributed by atoms with Crippen molar-refractivity contribution in [2.75, 3.05) is 9.80 Å². The van der Waals surface area contributed by atoms with E-state index in [1.165, 1.54) is 110 Å². The number of rotatable bonds is 8. The molecule has 0 saturated heterocycles. The van der Waals surface area contributed by atoms with Gasteiger partial charge in [0.2, 0.25) is 0 Å². The van der Waals surface area contributed by atoms with E-state index in [0.717, 1.165) is 34.1 Å². The summed E-state index contributed by atoms with van der Waals surface area (Å²) in [7, 11) is 0. The van der Waals surface area contributed by atoms with Gasteiger partial charge in [-0.25, -0.2) is 0 Å². The Labute approximate surface area is 416 Å². The molecule has 15 aromatic rings. The highest BCUT2D eigenvalue weighted by molar-refractivity contribution is 6.39. The van der Waals surface area contributed by atoms with Crippen LogP contribution in [-0.4, -0.2) is 8.80 Å². The minimum Gasteiger partial charge on any atom is -0.310 e. The van der Waals surface area contributed by atoms with Crippen LogP contribution in [0, 0.1) is 13.8 Å². The molecular weight excluding hydrogens is 873 g/mol. The molecule has 4 nitrogen and oxygen atoms in total. The molecule has 0 spiro atoms. The number of nitrogens with zero attached hydrogens (tertiary/aromatic N) is 4. The first-order valence-corrected chi connectivity index (χ1v) is 24.9. The first kappa shape index (κ1) is 40.5. The summed E-state index contributed by atoms with van der Waals surface area (Å²) in [6.07, 6.45) is 0.